The van der Waals surface area contributed by atoms with Crippen LogP contribution in [0.5, 0.6) is 0 Å². The van der Waals surface area contributed by atoms with Gasteiger partial charge >= 0.3 is 0 Å². The van der Waals surface area contributed by atoms with Crippen molar-refractivity contribution < 1.29 is 0 Å². The van der Waals surface area contributed by atoms with Crippen LogP contribution in [0, 0.1) is 0 Å². The van der Waals surface area contributed by atoms with E-state index >= 15 is 0 Å². The first-order chi connectivity index (χ1) is 15.9. The zero-order valence-electron chi connectivity index (χ0n) is 21.5. The summed E-state index contributed by atoms with van der Waals surface area (Å²) in [7, 11) is 0. The molecule has 32 heavy (non-hydrogen) atoms. The lowest BCUT2D eigenvalue weighted by molar-refractivity contribution is 0.556. The van der Waals surface area contributed by atoms with Crippen molar-refractivity contribution in [2.24, 2.45) is 0 Å². The van der Waals surface area contributed by atoms with E-state index in [1.54, 1.807) is 20.5 Å². The number of rotatable bonds is 22. The van der Waals surface area contributed by atoms with Crippen LogP contribution in [0.25, 0.3) is 9.40 Å². The molecule has 0 aliphatic heterocycles. The van der Waals surface area contributed by atoms with Crippen LogP contribution in [0.3, 0.4) is 0 Å². The summed E-state index contributed by atoms with van der Waals surface area (Å²) in [6.07, 6.45) is 31.2. The molecule has 0 fully saturated rings. The molecule has 0 saturated carbocycles. The van der Waals surface area contributed by atoms with Crippen molar-refractivity contribution in [1.29, 1.82) is 0 Å². The third-order valence-corrected chi connectivity index (χ3v) is 9.28. The maximum absolute atomic E-state index is 2.47. The first-order valence-electron chi connectivity index (χ1n) is 14.3. The Morgan fingerprint density at radius 2 is 0.750 bits per heavy atom. The summed E-state index contributed by atoms with van der Waals surface area (Å²) in [6.45, 7) is 4.61. The number of fused-ring (bicyclic) bond motifs is 1. The molecule has 0 nitrogen and oxygen atoms in total. The van der Waals surface area contributed by atoms with Gasteiger partial charge in [-0.25, -0.2) is 0 Å². The van der Waals surface area contributed by atoms with E-state index in [1.165, 1.54) is 141 Å². The van der Waals surface area contributed by atoms with Gasteiger partial charge in [-0.2, -0.15) is 0 Å². The van der Waals surface area contributed by atoms with Gasteiger partial charge in [0.1, 0.15) is 0 Å². The molecule has 0 radical (unpaired) electrons. The Balaban J connectivity index is 1.55. The third kappa shape index (κ3) is 11.7. The van der Waals surface area contributed by atoms with Gasteiger partial charge in [0.05, 0.1) is 4.01 Å². The zero-order chi connectivity index (χ0) is 22.7. The smallest absolute Gasteiger partial charge is 0.0870 e. The molecule has 0 atom stereocenters. The van der Waals surface area contributed by atoms with E-state index in [1.807, 2.05) is 22.7 Å². The average Bonchev–Trinajstić information content (AvgIpc) is 3.39. The van der Waals surface area contributed by atoms with Gasteiger partial charge in [0.2, 0.25) is 0 Å². The monoisotopic (exact) mass is 476 g/mol. The van der Waals surface area contributed by atoms with E-state index < -0.39 is 0 Å². The lowest BCUT2D eigenvalue weighted by atomic mass is 10.0. The minimum Gasteiger partial charge on any atom is -0.133 e. The normalized spacial score (nSPS) is 11.7. The third-order valence-electron chi connectivity index (χ3n) is 7.06. The predicted octanol–water partition coefficient (Wildman–Crippen LogP) is 11.9. The highest BCUT2D eigenvalue weighted by Crippen LogP contribution is 2.36. The number of hydrogen-bond acceptors (Lipinski definition) is 2. The summed E-state index contributed by atoms with van der Waals surface area (Å²) in [5, 5.41) is 6.60. The van der Waals surface area contributed by atoms with Gasteiger partial charge in [-0.05, 0) is 47.6 Å². The molecule has 2 aromatic rings. The first-order valence-corrected chi connectivity index (χ1v) is 16.1. The Morgan fingerprint density at radius 1 is 0.438 bits per heavy atom. The van der Waals surface area contributed by atoms with Crippen LogP contribution in [-0.4, -0.2) is 0 Å². The highest BCUT2D eigenvalue weighted by atomic mass is 32.2. The molecule has 2 aromatic heterocycles. The van der Waals surface area contributed by atoms with Crippen molar-refractivity contribution in [1.82, 2.24) is 0 Å². The quantitative estimate of drug-likeness (QED) is 0.148. The fourth-order valence-corrected chi connectivity index (χ4v) is 7.20. The van der Waals surface area contributed by atoms with E-state index in [-0.39, 0.29) is 0 Å². The van der Waals surface area contributed by atoms with Crippen LogP contribution in [0.1, 0.15) is 153 Å². The molecule has 0 N–H and O–H groups in total. The van der Waals surface area contributed by atoms with Gasteiger partial charge in [-0.1, -0.05) is 129 Å². The van der Waals surface area contributed by atoms with E-state index in [9.17, 15) is 0 Å². The highest BCUT2D eigenvalue weighted by molar-refractivity contribution is 7.37. The van der Waals surface area contributed by atoms with Gasteiger partial charge in [-0.3, -0.25) is 0 Å². The van der Waals surface area contributed by atoms with Crippen molar-refractivity contribution in [3.63, 3.8) is 0 Å². The SMILES string of the molecule is CCCCCCCCCCCCc1csc2scc(CCCCCCCCCCCC)c12. The molecule has 0 spiro atoms. The standard InChI is InChI=1S/C30H52S2/c1-3-5-7-9-11-13-15-17-19-21-23-27-25-31-30-29(27)28(26-32-30)24-22-20-18-16-14-12-10-8-6-4-2/h25-26H,3-24H2,1-2H3. The summed E-state index contributed by atoms with van der Waals surface area (Å²) in [5.74, 6) is 0. The van der Waals surface area contributed by atoms with Gasteiger partial charge < -0.3 is 0 Å². The average molecular weight is 477 g/mol. The minimum atomic E-state index is 1.30. The molecular weight excluding hydrogens is 424 g/mol. The van der Waals surface area contributed by atoms with Gasteiger partial charge in [-0.15, -0.1) is 22.7 Å². The summed E-state index contributed by atoms with van der Waals surface area (Å²) in [4.78, 5) is 0. The topological polar surface area (TPSA) is 0 Å². The van der Waals surface area contributed by atoms with Crippen molar-refractivity contribution in [2.45, 2.75) is 155 Å². The Labute approximate surface area is 208 Å². The van der Waals surface area contributed by atoms with E-state index in [0.717, 1.165) is 0 Å². The summed E-state index contributed by atoms with van der Waals surface area (Å²) in [5.41, 5.74) is 3.32. The van der Waals surface area contributed by atoms with Gasteiger partial charge in [0.15, 0.2) is 0 Å². The highest BCUT2D eigenvalue weighted by Gasteiger charge is 2.11. The fourth-order valence-electron chi connectivity index (χ4n) is 4.95. The molecule has 0 aliphatic carbocycles. The lowest BCUT2D eigenvalue weighted by Gasteiger charge is -2.05. The molecule has 0 aliphatic rings. The molecule has 2 heterocycles. The lowest BCUT2D eigenvalue weighted by Crippen LogP contribution is -1.89. The number of aryl methyl sites for hydroxylation is 2. The van der Waals surface area contributed by atoms with Crippen LogP contribution >= 0.6 is 22.7 Å². The Kier molecular flexibility index (Phi) is 16.6. The number of unbranched alkanes of at least 4 members (excludes halogenated alkanes) is 18. The van der Waals surface area contributed by atoms with Crippen LogP contribution in [0.15, 0.2) is 10.8 Å². The molecule has 184 valence electrons. The van der Waals surface area contributed by atoms with Crippen molar-refractivity contribution >= 4 is 32.1 Å². The summed E-state index contributed by atoms with van der Waals surface area (Å²) < 4.78 is 1.58. The Morgan fingerprint density at radius 3 is 1.09 bits per heavy atom. The maximum Gasteiger partial charge on any atom is 0.0870 e. The molecule has 0 saturated heterocycles. The summed E-state index contributed by atoms with van der Waals surface area (Å²) >= 11 is 3.99. The van der Waals surface area contributed by atoms with Crippen LogP contribution in [0.2, 0.25) is 0 Å². The van der Waals surface area contributed by atoms with Crippen LogP contribution < -0.4 is 0 Å². The maximum atomic E-state index is 2.47. The molecule has 2 heteroatoms. The summed E-state index contributed by atoms with van der Waals surface area (Å²) in [6, 6.07) is 0. The molecule has 0 amide bonds. The van der Waals surface area contributed by atoms with Gasteiger partial charge in [0.25, 0.3) is 0 Å². The van der Waals surface area contributed by atoms with E-state index in [0.29, 0.717) is 0 Å². The van der Waals surface area contributed by atoms with Crippen molar-refractivity contribution in [2.75, 3.05) is 0 Å². The molecule has 0 unspecified atom stereocenters. The Hall–Kier alpha value is -0.340. The van der Waals surface area contributed by atoms with Crippen LogP contribution in [0.4, 0.5) is 0 Å². The molecule has 2 rings (SSSR count). The minimum absolute atomic E-state index is 1.30. The second-order valence-electron chi connectivity index (χ2n) is 10.0. The van der Waals surface area contributed by atoms with E-state index in [2.05, 4.69) is 24.6 Å². The number of thiophene rings is 2. The molecule has 0 aromatic carbocycles. The van der Waals surface area contributed by atoms with Crippen molar-refractivity contribution in [3.8, 4) is 0 Å². The van der Waals surface area contributed by atoms with E-state index in [4.69, 9.17) is 0 Å². The first kappa shape index (κ1) is 27.9. The van der Waals surface area contributed by atoms with Crippen LogP contribution in [-0.2, 0) is 12.8 Å². The van der Waals surface area contributed by atoms with Crippen molar-refractivity contribution in [3.05, 3.63) is 21.9 Å². The number of hydrogen-bond donors (Lipinski definition) is 0. The zero-order valence-corrected chi connectivity index (χ0v) is 23.2. The molecular formula is C30H52S2. The predicted molar refractivity (Wildman–Crippen MR) is 151 cm³/mol. The van der Waals surface area contributed by atoms with Gasteiger partial charge in [0, 0.05) is 5.39 Å². The fraction of sp³-hybridized carbons (Fsp3) is 0.800. The largest absolute Gasteiger partial charge is 0.133 e. The second kappa shape index (κ2) is 19.0. The Bertz CT molecular complexity index is 612. The second-order valence-corrected chi connectivity index (χ2v) is 12.1. The molecule has 0 bridgehead atoms.